The molecule has 6 rings (SSSR count). The number of methoxy groups -OCH3 is 2. The average Bonchev–Trinajstić information content (AvgIpc) is 3.61. The molecular weight excluding hydrogens is 797 g/mol. The van der Waals surface area contributed by atoms with Crippen LogP contribution in [0.3, 0.4) is 0 Å². The molecule has 8 N–H and O–H groups in total. The minimum absolute atomic E-state index is 0.0105. The maximum Gasteiger partial charge on any atom is 0.397 e. The summed E-state index contributed by atoms with van der Waals surface area (Å²) in [6, 6.07) is 0. The van der Waals surface area contributed by atoms with Gasteiger partial charge < -0.3 is 64.2 Å². The Morgan fingerprint density at radius 3 is 2.05 bits per heavy atom. The Hall–Kier alpha value is -0.650. The summed E-state index contributed by atoms with van der Waals surface area (Å²) in [6.07, 6.45) is -11.9. The van der Waals surface area contributed by atoms with Crippen molar-refractivity contribution in [2.24, 2.45) is 46.3 Å². The van der Waals surface area contributed by atoms with E-state index >= 15 is 0 Å². The highest BCUT2D eigenvalue weighted by atomic mass is 32.3. The minimum Gasteiger partial charge on any atom is -0.393 e. The number of ether oxygens (including phenoxy) is 6. The quantitative estimate of drug-likeness (QED) is 0.115. The lowest BCUT2D eigenvalue weighted by Gasteiger charge is -2.67. The first-order chi connectivity index (χ1) is 27.4. The molecule has 0 spiro atoms. The van der Waals surface area contributed by atoms with Gasteiger partial charge in [0.2, 0.25) is 0 Å². The summed E-state index contributed by atoms with van der Waals surface area (Å²) in [5, 5.41) is 80.9. The third-order valence-corrected chi connectivity index (χ3v) is 16.6. The molecule has 2 heterocycles. The van der Waals surface area contributed by atoms with E-state index in [-0.39, 0.29) is 29.6 Å². The number of fused-ring (bicyclic) bond motifs is 5. The largest absolute Gasteiger partial charge is 0.397 e. The van der Waals surface area contributed by atoms with Crippen molar-refractivity contribution < 1.29 is 81.3 Å². The summed E-state index contributed by atoms with van der Waals surface area (Å²) in [5.74, 6) is -1.53. The van der Waals surface area contributed by atoms with Crippen molar-refractivity contribution in [3.8, 4) is 0 Å². The van der Waals surface area contributed by atoms with Gasteiger partial charge in [-0.3, -0.25) is 4.55 Å². The van der Waals surface area contributed by atoms with E-state index in [0.29, 0.717) is 44.9 Å². The topological polar surface area (TPSA) is 261 Å². The normalized spacial score (nSPS) is 50.5. The highest BCUT2D eigenvalue weighted by molar-refractivity contribution is 7.80. The molecule has 2 aliphatic heterocycles. The summed E-state index contributed by atoms with van der Waals surface area (Å²) < 4.78 is 73.4. The first kappa shape index (κ1) is 47.8. The Labute approximate surface area is 348 Å². The van der Waals surface area contributed by atoms with Crippen LogP contribution in [0, 0.1) is 46.3 Å². The predicted molar refractivity (Wildman–Crippen MR) is 209 cm³/mol. The fourth-order valence-corrected chi connectivity index (χ4v) is 13.6. The molecule has 4 aliphatic carbocycles. The second-order valence-electron chi connectivity index (χ2n) is 19.7. The lowest BCUT2D eigenvalue weighted by atomic mass is 9.41. The number of aliphatic hydroxyl groups excluding tert-OH is 6. The average molecular weight is 869 g/mol. The maximum atomic E-state index is 12.7. The van der Waals surface area contributed by atoms with Crippen LogP contribution in [0.5, 0.6) is 0 Å². The summed E-state index contributed by atoms with van der Waals surface area (Å²) >= 11 is 0. The number of hydrogen-bond donors (Lipinski definition) is 8. The molecule has 0 radical (unpaired) electrons. The van der Waals surface area contributed by atoms with Gasteiger partial charge >= 0.3 is 10.4 Å². The Kier molecular flexibility index (Phi) is 14.4. The number of rotatable bonds is 14. The van der Waals surface area contributed by atoms with Gasteiger partial charge in [-0.2, -0.15) is 8.42 Å². The summed E-state index contributed by atoms with van der Waals surface area (Å²) in [4.78, 5) is 0. The molecule has 0 amide bonds. The standard InChI is InChI=1S/C41H72O17S/c1-18(2)26(55-38-34(30(46)32(56-38)21(5)58-59(49,50)51)57-37-33(53-9)29(45)31(52-8)20(4)54-37)11-10-19(3)23-17-25(43)35-40(23,7)15-13-27-39(6)14-12-22(42)16-24(39)28(44)36(47)41(27,35)48/h18-38,42-48H,10-17H2,1-9H3,(H,49,50,51)/t19-,20-,21-,22+,23-,24?,25-,26+,27?,28-,29+,30-,31-,32-,33-,34+,35?,36-,37+,38+,39+,40-,41+/m1/s1. The Morgan fingerprint density at radius 1 is 0.797 bits per heavy atom. The van der Waals surface area contributed by atoms with Crippen molar-refractivity contribution in [3.63, 3.8) is 0 Å². The van der Waals surface area contributed by atoms with Crippen molar-refractivity contribution in [2.45, 2.75) is 197 Å². The monoisotopic (exact) mass is 868 g/mol. The van der Waals surface area contributed by atoms with Crippen molar-refractivity contribution in [2.75, 3.05) is 14.2 Å². The molecule has 0 bridgehead atoms. The fraction of sp³-hybridized carbons (Fsp3) is 1.00. The molecule has 2 saturated heterocycles. The van der Waals surface area contributed by atoms with E-state index in [1.54, 1.807) is 6.92 Å². The highest BCUT2D eigenvalue weighted by Crippen LogP contribution is 2.70. The second kappa shape index (κ2) is 17.7. The summed E-state index contributed by atoms with van der Waals surface area (Å²) in [7, 11) is -2.13. The van der Waals surface area contributed by atoms with Crippen molar-refractivity contribution >= 4 is 10.4 Å². The van der Waals surface area contributed by atoms with Crippen LogP contribution in [-0.4, -0.2) is 160 Å². The number of hydrogen-bond acceptors (Lipinski definition) is 16. The van der Waals surface area contributed by atoms with Crippen molar-refractivity contribution in [3.05, 3.63) is 0 Å². The third-order valence-electron chi connectivity index (χ3n) is 16.1. The summed E-state index contributed by atoms with van der Waals surface area (Å²) in [5.41, 5.74) is -2.79. The zero-order valence-electron chi connectivity index (χ0n) is 35.9. The fourth-order valence-electron chi connectivity index (χ4n) is 13.1. The third kappa shape index (κ3) is 8.55. The van der Waals surface area contributed by atoms with Gasteiger partial charge in [-0.15, -0.1) is 0 Å². The molecule has 17 nitrogen and oxygen atoms in total. The smallest absolute Gasteiger partial charge is 0.393 e. The molecule has 0 aromatic carbocycles. The maximum absolute atomic E-state index is 12.7. The first-order valence-corrected chi connectivity index (χ1v) is 22.9. The van der Waals surface area contributed by atoms with Gasteiger partial charge in [0.25, 0.3) is 0 Å². The van der Waals surface area contributed by atoms with Gasteiger partial charge in [-0.05, 0) is 106 Å². The van der Waals surface area contributed by atoms with Gasteiger partial charge in [0.1, 0.15) is 54.4 Å². The molecule has 18 heteroatoms. The molecule has 0 aromatic rings. The Morgan fingerprint density at radius 2 is 1.44 bits per heavy atom. The Bertz CT molecular complexity index is 1540. The SMILES string of the molecule is CO[C@H]1[C@H](O[C@@H]2[C@@H](O[C@@H](CC[C@@H](C)[C@H]3C[C@@H](O)C4[C@@]5(O)C(CC[C@@]43C)[C@@]3(C)CC[C@H](O)CC3[C@@H](O)[C@H]5O)C(C)C)O[C@H]([C@@H](C)OS(=O)(=O)O)[C@H]2O)O[C@H](C)[C@@H](OC)[C@@H]1O. The zero-order valence-corrected chi connectivity index (χ0v) is 36.8. The molecular formula is C41H72O17S. The molecule has 344 valence electrons. The molecule has 6 fully saturated rings. The second-order valence-corrected chi connectivity index (χ2v) is 20.8. The van der Waals surface area contributed by atoms with E-state index in [0.717, 1.165) is 6.42 Å². The van der Waals surface area contributed by atoms with Crippen LogP contribution >= 0.6 is 0 Å². The van der Waals surface area contributed by atoms with Gasteiger partial charge in [-0.25, -0.2) is 4.18 Å². The van der Waals surface area contributed by atoms with Crippen LogP contribution in [0.25, 0.3) is 0 Å². The van der Waals surface area contributed by atoms with Crippen LogP contribution in [0.15, 0.2) is 0 Å². The van der Waals surface area contributed by atoms with Crippen LogP contribution in [0.4, 0.5) is 0 Å². The summed E-state index contributed by atoms with van der Waals surface area (Å²) in [6.45, 7) is 13.2. The van der Waals surface area contributed by atoms with Crippen LogP contribution in [-0.2, 0) is 43.0 Å². The van der Waals surface area contributed by atoms with Gasteiger partial charge in [0.05, 0.1) is 30.5 Å². The van der Waals surface area contributed by atoms with Crippen LogP contribution in [0.1, 0.15) is 99.8 Å². The molecule has 23 atom stereocenters. The lowest BCUT2D eigenvalue weighted by molar-refractivity contribution is -0.329. The lowest BCUT2D eigenvalue weighted by Crippen LogP contribution is -2.75. The molecule has 6 aliphatic rings. The van der Waals surface area contributed by atoms with E-state index in [9.17, 15) is 48.7 Å². The van der Waals surface area contributed by atoms with Crippen LogP contribution in [0.2, 0.25) is 0 Å². The molecule has 59 heavy (non-hydrogen) atoms. The first-order valence-electron chi connectivity index (χ1n) is 21.6. The van der Waals surface area contributed by atoms with E-state index in [4.69, 9.17) is 32.6 Å². The Balaban J connectivity index is 1.19. The van der Waals surface area contributed by atoms with Gasteiger partial charge in [0.15, 0.2) is 12.6 Å². The van der Waals surface area contributed by atoms with E-state index in [2.05, 4.69) is 20.8 Å². The van der Waals surface area contributed by atoms with Gasteiger partial charge in [0, 0.05) is 20.1 Å². The molecule has 4 saturated carbocycles. The van der Waals surface area contributed by atoms with Crippen LogP contribution < -0.4 is 0 Å². The zero-order chi connectivity index (χ0) is 43.7. The molecule has 0 aromatic heterocycles. The van der Waals surface area contributed by atoms with E-state index in [1.807, 2.05) is 13.8 Å². The minimum atomic E-state index is -4.92. The number of aliphatic hydroxyl groups is 7. The predicted octanol–water partition coefficient (Wildman–Crippen LogP) is 1.31. The van der Waals surface area contributed by atoms with Gasteiger partial charge in [-0.1, -0.05) is 34.6 Å². The molecule has 3 unspecified atom stereocenters. The highest BCUT2D eigenvalue weighted by Gasteiger charge is 2.74. The van der Waals surface area contributed by atoms with E-state index < -0.39 is 125 Å². The van der Waals surface area contributed by atoms with Crippen molar-refractivity contribution in [1.29, 1.82) is 0 Å². The van der Waals surface area contributed by atoms with Crippen molar-refractivity contribution in [1.82, 2.24) is 0 Å². The van der Waals surface area contributed by atoms with E-state index in [1.165, 1.54) is 21.1 Å².